The number of benzene rings is 3. The zero-order chi connectivity index (χ0) is 46.1. The normalized spacial score (nSPS) is 18.5. The summed E-state index contributed by atoms with van der Waals surface area (Å²) in [6.45, 7) is 8.81. The molecule has 4 heterocycles. The number of aromatic nitrogens is 2. The highest BCUT2D eigenvalue weighted by Crippen LogP contribution is 2.46. The van der Waals surface area contributed by atoms with Crippen molar-refractivity contribution in [3.05, 3.63) is 117 Å². The van der Waals surface area contributed by atoms with Crippen LogP contribution in [0.4, 0.5) is 30.2 Å². The number of carbonyl (C=O) groups excluding carboxylic acids is 1. The van der Waals surface area contributed by atoms with Gasteiger partial charge < -0.3 is 29.4 Å². The van der Waals surface area contributed by atoms with Gasteiger partial charge in [-0.25, -0.2) is 13.4 Å². The minimum atomic E-state index is -4.50. The van der Waals surface area contributed by atoms with E-state index in [9.17, 15) is 36.5 Å². The number of carbonyl (C=O) groups is 1. The van der Waals surface area contributed by atoms with Gasteiger partial charge in [-0.1, -0.05) is 37.1 Å². The van der Waals surface area contributed by atoms with Crippen LogP contribution in [0.25, 0.3) is 16.6 Å². The maximum atomic E-state index is 14.0. The van der Waals surface area contributed by atoms with Crippen molar-refractivity contribution < 1.29 is 45.5 Å². The van der Waals surface area contributed by atoms with E-state index in [1.807, 2.05) is 6.07 Å². The fourth-order valence-electron chi connectivity index (χ4n) is 8.50. The number of Topliss-reactive ketones (excluding diaryl/α,β-unsaturated/α-hetero) is 1. The molecule has 5 aromatic rings. The second-order valence-electron chi connectivity index (χ2n) is 17.3. The monoisotopic (exact) mass is 936 g/mol. The SMILES string of the molecule is CC1(C)CCC(CN2CCN(c3ccc(C(=O)CS(=O)(=O)c4ccc(NCC5COCCO5)c([N+](=O)[O-])c4)c(Oc4cnc5[nH]ccc5c4)c3)CC2)=C(c2ccc(C(F)(F)F)cc2Cl)C1. The van der Waals surface area contributed by atoms with Crippen LogP contribution in [0.3, 0.4) is 0 Å². The van der Waals surface area contributed by atoms with Gasteiger partial charge in [0.2, 0.25) is 0 Å². The summed E-state index contributed by atoms with van der Waals surface area (Å²) in [4.78, 5) is 36.9. The number of sulfone groups is 1. The fraction of sp³-hybridized carbons (Fsp3) is 0.391. The molecule has 14 nitrogen and oxygen atoms in total. The molecular weight excluding hydrogens is 889 g/mol. The first-order valence-electron chi connectivity index (χ1n) is 21.2. The van der Waals surface area contributed by atoms with Crippen molar-refractivity contribution in [2.45, 2.75) is 50.3 Å². The van der Waals surface area contributed by atoms with Crippen LogP contribution in [-0.4, -0.2) is 105 Å². The molecule has 19 heteroatoms. The highest BCUT2D eigenvalue weighted by Gasteiger charge is 2.34. The number of alkyl halides is 3. The molecule has 1 atom stereocenters. The molecule has 1 unspecified atom stereocenters. The van der Waals surface area contributed by atoms with E-state index < -0.39 is 43.7 Å². The molecular formula is C46H48ClF3N6O8S. The molecule has 2 saturated heterocycles. The van der Waals surface area contributed by atoms with Gasteiger partial charge in [-0.15, -0.1) is 0 Å². The standard InChI is InChI=1S/C46H48ClF3N6O8S/c1-45(2)11-9-30(38(23-45)36-6-3-31(20-39(36)47)46(48,49)50)26-54-13-15-55(16-14-54)32-4-7-37(43(21-32)64-33-19-29-10-12-51-44(29)53-24-33)42(57)28-65(60,61)35-5-8-40(41(22-35)56(58)59)52-25-34-27-62-17-18-63-34/h3-8,10,12,19-22,24,34,52H,9,11,13-18,23,25-28H2,1-2H3,(H,51,53). The molecule has 8 rings (SSSR count). The van der Waals surface area contributed by atoms with E-state index in [-0.39, 0.29) is 45.0 Å². The summed E-state index contributed by atoms with van der Waals surface area (Å²) < 4.78 is 85.3. The molecule has 344 valence electrons. The Labute approximate surface area is 378 Å². The lowest BCUT2D eigenvalue weighted by Crippen LogP contribution is -2.47. The smallest absolute Gasteiger partial charge is 0.416 e. The summed E-state index contributed by atoms with van der Waals surface area (Å²) in [6, 6.07) is 15.6. The van der Waals surface area contributed by atoms with E-state index >= 15 is 0 Å². The number of allylic oxidation sites excluding steroid dienone is 1. The van der Waals surface area contributed by atoms with Crippen LogP contribution in [0, 0.1) is 15.5 Å². The van der Waals surface area contributed by atoms with Crippen molar-refractivity contribution >= 4 is 60.9 Å². The third kappa shape index (κ3) is 10.8. The van der Waals surface area contributed by atoms with Crippen molar-refractivity contribution in [1.29, 1.82) is 0 Å². The first-order valence-corrected chi connectivity index (χ1v) is 23.2. The molecule has 2 aliphatic heterocycles. The number of pyridine rings is 1. The minimum Gasteiger partial charge on any atom is -0.455 e. The Bertz CT molecular complexity index is 2750. The first-order chi connectivity index (χ1) is 30.9. The molecule has 3 aliphatic rings. The Morgan fingerprint density at radius 2 is 1.86 bits per heavy atom. The average Bonchev–Trinajstić information content (AvgIpc) is 3.74. The zero-order valence-corrected chi connectivity index (χ0v) is 37.3. The number of aromatic amines is 1. The van der Waals surface area contributed by atoms with Gasteiger partial charge in [0, 0.05) is 73.7 Å². The van der Waals surface area contributed by atoms with Gasteiger partial charge in [0.25, 0.3) is 5.69 Å². The third-order valence-corrected chi connectivity index (χ3v) is 14.0. The van der Waals surface area contributed by atoms with Gasteiger partial charge in [0.15, 0.2) is 15.6 Å². The maximum absolute atomic E-state index is 14.0. The summed E-state index contributed by atoms with van der Waals surface area (Å²) in [7, 11) is -4.39. The number of rotatable bonds is 14. The summed E-state index contributed by atoms with van der Waals surface area (Å²) in [5.41, 5.74) is 2.92. The van der Waals surface area contributed by atoms with E-state index in [1.54, 1.807) is 24.4 Å². The number of ketones is 1. The summed E-state index contributed by atoms with van der Waals surface area (Å²) in [6.07, 6.45) is 0.794. The first kappa shape index (κ1) is 46.0. The van der Waals surface area contributed by atoms with Crippen molar-refractivity contribution in [3.8, 4) is 11.5 Å². The summed E-state index contributed by atoms with van der Waals surface area (Å²) >= 11 is 6.53. The number of hydrogen-bond donors (Lipinski definition) is 2. The van der Waals surface area contributed by atoms with Gasteiger partial charge in [0.05, 0.1) is 53.1 Å². The van der Waals surface area contributed by atoms with Crippen LogP contribution < -0.4 is 15.0 Å². The van der Waals surface area contributed by atoms with Crippen molar-refractivity contribution in [2.24, 2.45) is 5.41 Å². The third-order valence-electron chi connectivity index (χ3n) is 12.1. The fourth-order valence-corrected chi connectivity index (χ4v) is 10.0. The lowest BCUT2D eigenvalue weighted by Gasteiger charge is -2.39. The molecule has 3 aromatic carbocycles. The molecule has 2 aromatic heterocycles. The second kappa shape index (κ2) is 18.8. The lowest BCUT2D eigenvalue weighted by molar-refractivity contribution is -0.384. The van der Waals surface area contributed by atoms with Crippen LogP contribution in [0.5, 0.6) is 11.5 Å². The number of piperazine rings is 1. The Kier molecular flexibility index (Phi) is 13.3. The molecule has 0 amide bonds. The van der Waals surface area contributed by atoms with E-state index in [4.69, 9.17) is 25.8 Å². The molecule has 2 N–H and O–H groups in total. The average molecular weight is 937 g/mol. The quantitative estimate of drug-likeness (QED) is 0.0616. The highest BCUT2D eigenvalue weighted by molar-refractivity contribution is 7.92. The van der Waals surface area contributed by atoms with Crippen LogP contribution in [0.2, 0.25) is 5.02 Å². The van der Waals surface area contributed by atoms with E-state index in [2.05, 4.69) is 38.9 Å². The van der Waals surface area contributed by atoms with Crippen LogP contribution in [-0.2, 0) is 25.5 Å². The minimum absolute atomic E-state index is 0.00534. The van der Waals surface area contributed by atoms with Crippen LogP contribution in [0.1, 0.15) is 54.6 Å². The number of fused-ring (bicyclic) bond motifs is 1. The van der Waals surface area contributed by atoms with Crippen LogP contribution >= 0.6 is 11.6 Å². The molecule has 65 heavy (non-hydrogen) atoms. The molecule has 0 spiro atoms. The number of nitro benzene ring substituents is 1. The molecule has 2 fully saturated rings. The molecule has 1 aliphatic carbocycles. The lowest BCUT2D eigenvalue weighted by atomic mass is 9.72. The van der Waals surface area contributed by atoms with Crippen molar-refractivity contribution in [3.63, 3.8) is 0 Å². The predicted molar refractivity (Wildman–Crippen MR) is 241 cm³/mol. The number of nitro groups is 1. The number of nitrogens with one attached hydrogen (secondary N) is 2. The van der Waals surface area contributed by atoms with Gasteiger partial charge in [0.1, 0.15) is 28.6 Å². The van der Waals surface area contributed by atoms with E-state index in [1.165, 1.54) is 30.5 Å². The number of H-pyrrole nitrogens is 1. The predicted octanol–water partition coefficient (Wildman–Crippen LogP) is 9.21. The van der Waals surface area contributed by atoms with Crippen molar-refractivity contribution in [1.82, 2.24) is 14.9 Å². The van der Waals surface area contributed by atoms with Gasteiger partial charge >= 0.3 is 6.18 Å². The topological polar surface area (TPSA) is 169 Å². The largest absolute Gasteiger partial charge is 0.455 e. The molecule has 0 bridgehead atoms. The van der Waals surface area contributed by atoms with Crippen LogP contribution in [0.15, 0.2) is 89.6 Å². The van der Waals surface area contributed by atoms with Gasteiger partial charge in [-0.3, -0.25) is 19.8 Å². The van der Waals surface area contributed by atoms with E-state index in [0.29, 0.717) is 75.9 Å². The Morgan fingerprint density at radius 1 is 1.06 bits per heavy atom. The number of ether oxygens (including phenoxy) is 3. The summed E-state index contributed by atoms with van der Waals surface area (Å²) in [5.74, 6) is -1.35. The van der Waals surface area contributed by atoms with Crippen molar-refractivity contribution in [2.75, 3.05) is 75.1 Å². The molecule has 0 radical (unpaired) electrons. The Balaban J connectivity index is 1.01. The van der Waals surface area contributed by atoms with Gasteiger partial charge in [-0.05, 0) is 84.3 Å². The number of hydrogen-bond acceptors (Lipinski definition) is 12. The van der Waals surface area contributed by atoms with Gasteiger partial charge in [-0.2, -0.15) is 13.2 Å². The highest BCUT2D eigenvalue weighted by atomic mass is 35.5. The maximum Gasteiger partial charge on any atom is 0.416 e. The number of anilines is 2. The van der Waals surface area contributed by atoms with E-state index in [0.717, 1.165) is 53.3 Å². The Morgan fingerprint density at radius 3 is 2.58 bits per heavy atom. The summed E-state index contributed by atoms with van der Waals surface area (Å²) in [5, 5.41) is 15.8. The Hall–Kier alpha value is -5.53. The number of halogens is 4. The zero-order valence-electron chi connectivity index (χ0n) is 35.8. The molecule has 0 saturated carbocycles. The number of nitrogens with zero attached hydrogens (tertiary/aromatic N) is 4. The second-order valence-corrected chi connectivity index (χ2v) is 19.7.